The largest absolute Gasteiger partial charge is 0.480 e. The number of carbonyl (C=O) groups is 2. The Morgan fingerprint density at radius 1 is 1.18 bits per heavy atom. The molecule has 7 N–H and O–H groups in total. The highest BCUT2D eigenvalue weighted by atomic mass is 16.7. The molecule has 0 bridgehead atoms. The highest BCUT2D eigenvalue weighted by Crippen LogP contribution is 2.29. The van der Waals surface area contributed by atoms with Crippen molar-refractivity contribution in [1.29, 1.82) is 0 Å². The predicted molar refractivity (Wildman–Crippen MR) is 92.0 cm³/mol. The van der Waals surface area contributed by atoms with Crippen molar-refractivity contribution in [2.75, 3.05) is 13.7 Å². The molecule has 0 amide bonds. The van der Waals surface area contributed by atoms with E-state index >= 15 is 0 Å². The Hall–Kier alpha value is -2.28. The molecule has 0 aliphatic carbocycles. The lowest BCUT2D eigenvalue weighted by Crippen LogP contribution is -2.60. The van der Waals surface area contributed by atoms with Crippen molar-refractivity contribution >= 4 is 11.9 Å². The smallest absolute Gasteiger partial charge is 0.336 e. The number of aromatic carboxylic acids is 1. The molecule has 1 heterocycles. The molecule has 0 radical (unpaired) electrons. The highest BCUT2D eigenvalue weighted by Gasteiger charge is 2.45. The van der Waals surface area contributed by atoms with Gasteiger partial charge in [0.05, 0.1) is 12.2 Å². The van der Waals surface area contributed by atoms with Crippen molar-refractivity contribution in [3.8, 4) is 5.75 Å². The van der Waals surface area contributed by atoms with Crippen molar-refractivity contribution < 1.29 is 49.7 Å². The van der Waals surface area contributed by atoms with Gasteiger partial charge in [-0.15, -0.1) is 0 Å². The van der Waals surface area contributed by atoms with Crippen LogP contribution in [0.1, 0.15) is 15.9 Å². The van der Waals surface area contributed by atoms with E-state index < -0.39 is 55.3 Å². The fourth-order valence-electron chi connectivity index (χ4n) is 2.89. The number of ether oxygens (including phenoxy) is 2. The third-order valence-electron chi connectivity index (χ3n) is 4.51. The molecule has 1 aliphatic rings. The molecule has 0 spiro atoms. The van der Waals surface area contributed by atoms with Crippen molar-refractivity contribution in [2.45, 2.75) is 43.2 Å². The Balaban J connectivity index is 2.38. The van der Waals surface area contributed by atoms with E-state index in [1.807, 2.05) is 0 Å². The normalized spacial score (nSPS) is 28.5. The number of rotatable bonds is 8. The maximum absolute atomic E-state index is 11.6. The van der Waals surface area contributed by atoms with Gasteiger partial charge in [-0.25, -0.2) is 4.79 Å². The van der Waals surface area contributed by atoms with Gasteiger partial charge in [-0.3, -0.25) is 4.79 Å². The van der Waals surface area contributed by atoms with Crippen molar-refractivity contribution in [1.82, 2.24) is 5.32 Å². The summed E-state index contributed by atoms with van der Waals surface area (Å²) < 4.78 is 10.8. The summed E-state index contributed by atoms with van der Waals surface area (Å²) in [5, 5.41) is 60.3. The molecule has 1 aromatic carbocycles. The summed E-state index contributed by atoms with van der Waals surface area (Å²) in [6.45, 7) is -0.659. The van der Waals surface area contributed by atoms with Crippen LogP contribution in [0, 0.1) is 0 Å². The van der Waals surface area contributed by atoms with Gasteiger partial charge in [0.25, 0.3) is 0 Å². The standard InChI is InChI=1S/C17H23NO10/c1-18-9(16(25)26)5-8-7(15(23)24)3-2-4-10(8)27-17-14(22)13(21)12(20)11(6-19)28-17/h2-4,9,11-14,17-22H,5-6H2,1H3,(H,23,24)(H,25,26)/t9-,11+,12+,13-,14-,17-/m0/s1. The number of aliphatic hydroxyl groups is 4. The van der Waals surface area contributed by atoms with E-state index in [-0.39, 0.29) is 23.3 Å². The number of aliphatic hydroxyl groups excluding tert-OH is 4. The minimum absolute atomic E-state index is 0.0358. The van der Waals surface area contributed by atoms with Gasteiger partial charge in [0, 0.05) is 12.0 Å². The minimum atomic E-state index is -1.70. The Morgan fingerprint density at radius 3 is 2.39 bits per heavy atom. The summed E-state index contributed by atoms with van der Waals surface area (Å²) in [4.78, 5) is 22.9. The van der Waals surface area contributed by atoms with Gasteiger partial charge in [-0.05, 0) is 19.2 Å². The van der Waals surface area contributed by atoms with Crippen LogP contribution in [-0.4, -0.2) is 93.0 Å². The third-order valence-corrected chi connectivity index (χ3v) is 4.51. The van der Waals surface area contributed by atoms with Gasteiger partial charge in [0.15, 0.2) is 0 Å². The van der Waals surface area contributed by atoms with Crippen LogP contribution in [0.3, 0.4) is 0 Å². The molecule has 11 heteroatoms. The quantitative estimate of drug-likeness (QED) is 0.250. The van der Waals surface area contributed by atoms with Gasteiger partial charge in [-0.2, -0.15) is 0 Å². The topological polar surface area (TPSA) is 186 Å². The van der Waals surface area contributed by atoms with Crippen molar-refractivity contribution in [3.05, 3.63) is 29.3 Å². The van der Waals surface area contributed by atoms with E-state index in [9.17, 15) is 40.2 Å². The fraction of sp³-hybridized carbons (Fsp3) is 0.529. The highest BCUT2D eigenvalue weighted by molar-refractivity contribution is 5.90. The van der Waals surface area contributed by atoms with Gasteiger partial charge in [0.2, 0.25) is 6.29 Å². The first-order chi connectivity index (χ1) is 13.2. The number of nitrogens with one attached hydrogen (secondary N) is 1. The summed E-state index contributed by atoms with van der Waals surface area (Å²) in [6.07, 6.45) is -7.94. The van der Waals surface area contributed by atoms with Crippen molar-refractivity contribution in [3.63, 3.8) is 0 Å². The van der Waals surface area contributed by atoms with Crippen LogP contribution in [0.5, 0.6) is 5.75 Å². The van der Waals surface area contributed by atoms with Crippen LogP contribution in [0.15, 0.2) is 18.2 Å². The second-order valence-electron chi connectivity index (χ2n) is 6.29. The van der Waals surface area contributed by atoms with E-state index in [1.165, 1.54) is 25.2 Å². The second-order valence-corrected chi connectivity index (χ2v) is 6.29. The average molecular weight is 401 g/mol. The van der Waals surface area contributed by atoms with Crippen molar-refractivity contribution in [2.24, 2.45) is 0 Å². The van der Waals surface area contributed by atoms with Crippen LogP contribution in [0.4, 0.5) is 0 Å². The summed E-state index contributed by atoms with van der Waals surface area (Å²) in [5.41, 5.74) is -0.169. The number of benzene rings is 1. The summed E-state index contributed by atoms with van der Waals surface area (Å²) in [5.74, 6) is -2.60. The van der Waals surface area contributed by atoms with E-state index in [4.69, 9.17) is 9.47 Å². The summed E-state index contributed by atoms with van der Waals surface area (Å²) in [7, 11) is 1.40. The van der Waals surface area contributed by atoms with Crippen LogP contribution in [0.2, 0.25) is 0 Å². The minimum Gasteiger partial charge on any atom is -0.480 e. The molecule has 1 saturated heterocycles. The Morgan fingerprint density at radius 2 is 1.86 bits per heavy atom. The Bertz CT molecular complexity index is 709. The van der Waals surface area contributed by atoms with E-state index in [2.05, 4.69) is 5.32 Å². The number of aliphatic carboxylic acids is 1. The van der Waals surface area contributed by atoms with E-state index in [0.29, 0.717) is 0 Å². The van der Waals surface area contributed by atoms with Crippen LogP contribution < -0.4 is 10.1 Å². The molecule has 0 aromatic heterocycles. The lowest BCUT2D eigenvalue weighted by Gasteiger charge is -2.39. The molecule has 1 aliphatic heterocycles. The molecular formula is C17H23NO10. The zero-order valence-electron chi connectivity index (χ0n) is 14.9. The number of carboxylic acid groups (broad SMARTS) is 2. The fourth-order valence-corrected chi connectivity index (χ4v) is 2.89. The van der Waals surface area contributed by atoms with E-state index in [1.54, 1.807) is 0 Å². The van der Waals surface area contributed by atoms with Gasteiger partial charge < -0.3 is 45.4 Å². The van der Waals surface area contributed by atoms with Gasteiger partial charge >= 0.3 is 11.9 Å². The zero-order valence-corrected chi connectivity index (χ0v) is 14.9. The molecule has 6 atom stereocenters. The maximum Gasteiger partial charge on any atom is 0.336 e. The van der Waals surface area contributed by atoms with Crippen LogP contribution in [-0.2, 0) is 16.0 Å². The second kappa shape index (κ2) is 9.28. The first-order valence-corrected chi connectivity index (χ1v) is 8.43. The molecule has 0 unspecified atom stereocenters. The van der Waals surface area contributed by atoms with Crippen LogP contribution >= 0.6 is 0 Å². The van der Waals surface area contributed by atoms with E-state index in [0.717, 1.165) is 0 Å². The monoisotopic (exact) mass is 401 g/mol. The summed E-state index contributed by atoms with van der Waals surface area (Å²) in [6, 6.07) is 2.88. The number of hydrogen-bond acceptors (Lipinski definition) is 9. The zero-order chi connectivity index (χ0) is 21.0. The third kappa shape index (κ3) is 4.58. The lowest BCUT2D eigenvalue weighted by molar-refractivity contribution is -0.277. The predicted octanol–water partition coefficient (Wildman–Crippen LogP) is -2.22. The van der Waals surface area contributed by atoms with Gasteiger partial charge in [0.1, 0.15) is 36.2 Å². The molecule has 11 nitrogen and oxygen atoms in total. The molecule has 156 valence electrons. The van der Waals surface area contributed by atoms with Gasteiger partial charge in [-0.1, -0.05) is 6.07 Å². The number of hydrogen-bond donors (Lipinski definition) is 7. The lowest BCUT2D eigenvalue weighted by atomic mass is 9.98. The van der Waals surface area contributed by atoms with Crippen LogP contribution in [0.25, 0.3) is 0 Å². The SMILES string of the molecule is CN[C@@H](Cc1c(O[C@H]2O[C@H](CO)[C@@H](O)[C@H](O)[C@@H]2O)cccc1C(=O)O)C(=O)O. The molecular weight excluding hydrogens is 378 g/mol. The Labute approximate surface area is 159 Å². The maximum atomic E-state index is 11.6. The molecule has 1 aromatic rings. The molecule has 2 rings (SSSR count). The first-order valence-electron chi connectivity index (χ1n) is 8.43. The molecule has 1 fully saturated rings. The Kier molecular flexibility index (Phi) is 7.29. The number of likely N-dealkylation sites (N-methyl/N-ethyl adjacent to an activating group) is 1. The average Bonchev–Trinajstić information content (AvgIpc) is 2.66. The summed E-state index contributed by atoms with van der Waals surface area (Å²) >= 11 is 0. The molecule has 0 saturated carbocycles. The number of carboxylic acids is 2. The molecule has 28 heavy (non-hydrogen) atoms. The first kappa shape index (κ1) is 22.0.